The Hall–Kier alpha value is -3.30. The molecule has 2 aliphatic rings. The Morgan fingerprint density at radius 1 is 1.15 bits per heavy atom. The van der Waals surface area contributed by atoms with Gasteiger partial charge in [0.15, 0.2) is 11.1 Å². The van der Waals surface area contributed by atoms with Crippen LogP contribution in [-0.4, -0.2) is 33.6 Å². The molecule has 2 fully saturated rings. The number of likely N-dealkylation sites (tertiary alicyclic amines) is 1. The first kappa shape index (κ1) is 21.2. The third kappa shape index (κ3) is 3.30. The zero-order valence-electron chi connectivity index (χ0n) is 18.8. The Kier molecular flexibility index (Phi) is 4.76. The monoisotopic (exact) mass is 465 g/mol. The molecule has 4 aromatic rings. The Morgan fingerprint density at radius 2 is 1.94 bits per heavy atom. The molecule has 1 saturated carbocycles. The molecule has 0 amide bonds. The van der Waals surface area contributed by atoms with Crippen LogP contribution in [0.2, 0.25) is 0 Å². The Bertz CT molecular complexity index is 1520. The van der Waals surface area contributed by atoms with Crippen LogP contribution >= 0.6 is 0 Å². The number of nitrogens with zero attached hydrogens (tertiary/aromatic N) is 3. The summed E-state index contributed by atoms with van der Waals surface area (Å²) in [7, 11) is 0. The van der Waals surface area contributed by atoms with Crippen molar-refractivity contribution in [1.29, 1.82) is 0 Å². The second kappa shape index (κ2) is 7.61. The lowest BCUT2D eigenvalue weighted by molar-refractivity contribution is 0.292. The molecule has 1 saturated heterocycles. The molecule has 1 unspecified atom stereocenters. The van der Waals surface area contributed by atoms with E-state index in [1.54, 1.807) is 16.7 Å². The number of nitrogens with two attached hydrogens (primary N) is 2. The maximum atomic E-state index is 14.8. The topological polar surface area (TPSA) is 103 Å². The van der Waals surface area contributed by atoms with Gasteiger partial charge in [0, 0.05) is 42.2 Å². The first-order valence-electron chi connectivity index (χ1n) is 11.5. The molecule has 0 spiro atoms. The second-order valence-corrected chi connectivity index (χ2v) is 9.46. The first-order valence-corrected chi connectivity index (χ1v) is 11.5. The lowest BCUT2D eigenvalue weighted by atomic mass is 9.96. The van der Waals surface area contributed by atoms with Crippen molar-refractivity contribution in [1.82, 2.24) is 14.5 Å². The largest absolute Gasteiger partial charge is 0.438 e. The fraction of sp³-hybridized carbons (Fsp3) is 0.360. The first-order chi connectivity index (χ1) is 16.3. The maximum Gasteiger partial charge on any atom is 0.281 e. The van der Waals surface area contributed by atoms with Gasteiger partial charge >= 0.3 is 0 Å². The average Bonchev–Trinajstić information content (AvgIpc) is 3.41. The van der Waals surface area contributed by atoms with Crippen LogP contribution in [0.4, 0.5) is 14.5 Å². The van der Waals surface area contributed by atoms with E-state index in [1.165, 1.54) is 0 Å². The number of oxazole rings is 1. The number of aryl methyl sites for hydroxylation is 1. The van der Waals surface area contributed by atoms with Crippen molar-refractivity contribution in [2.24, 2.45) is 5.73 Å². The molecule has 0 bridgehead atoms. The van der Waals surface area contributed by atoms with Crippen molar-refractivity contribution in [3.63, 3.8) is 0 Å². The van der Waals surface area contributed by atoms with Gasteiger partial charge in [0.2, 0.25) is 5.89 Å². The van der Waals surface area contributed by atoms with Crippen molar-refractivity contribution < 1.29 is 13.2 Å². The number of pyridine rings is 1. The normalized spacial score (nSPS) is 19.0. The SMILES string of the molecule is Cc1c(-c2cc(F)c(N)cc2F)ccc2c3oc(CN4CCC(N)C4)nc3c(=O)n(C3CC3)c12. The summed E-state index contributed by atoms with van der Waals surface area (Å²) in [6.45, 7) is 3.93. The second-order valence-electron chi connectivity index (χ2n) is 9.46. The van der Waals surface area contributed by atoms with Gasteiger partial charge in [-0.15, -0.1) is 0 Å². The van der Waals surface area contributed by atoms with Gasteiger partial charge in [-0.2, -0.15) is 0 Å². The molecule has 1 aliphatic carbocycles. The number of rotatable bonds is 4. The molecule has 6 rings (SSSR count). The van der Waals surface area contributed by atoms with Crippen LogP contribution in [0.15, 0.2) is 33.5 Å². The molecule has 2 aromatic carbocycles. The van der Waals surface area contributed by atoms with Crippen molar-refractivity contribution in [3.8, 4) is 11.1 Å². The van der Waals surface area contributed by atoms with Gasteiger partial charge in [-0.3, -0.25) is 9.69 Å². The number of aromatic nitrogens is 2. The van der Waals surface area contributed by atoms with E-state index in [9.17, 15) is 13.6 Å². The predicted molar refractivity (Wildman–Crippen MR) is 126 cm³/mol. The van der Waals surface area contributed by atoms with Crippen molar-refractivity contribution in [2.45, 2.75) is 44.8 Å². The van der Waals surface area contributed by atoms with Gasteiger partial charge in [-0.25, -0.2) is 13.8 Å². The lowest BCUT2D eigenvalue weighted by Gasteiger charge is -2.16. The van der Waals surface area contributed by atoms with Gasteiger partial charge in [0.05, 0.1) is 17.7 Å². The molecule has 1 aliphatic heterocycles. The van der Waals surface area contributed by atoms with E-state index in [2.05, 4.69) is 9.88 Å². The van der Waals surface area contributed by atoms with Gasteiger partial charge in [0.25, 0.3) is 5.56 Å². The zero-order valence-corrected chi connectivity index (χ0v) is 18.8. The minimum absolute atomic E-state index is 0.0538. The number of hydrogen-bond acceptors (Lipinski definition) is 6. The smallest absolute Gasteiger partial charge is 0.281 e. The minimum atomic E-state index is -0.688. The number of halogens is 2. The lowest BCUT2D eigenvalue weighted by Crippen LogP contribution is -2.26. The van der Waals surface area contributed by atoms with Crippen LogP contribution < -0.4 is 17.0 Å². The molecule has 176 valence electrons. The van der Waals surface area contributed by atoms with Gasteiger partial charge in [-0.05, 0) is 49.4 Å². The fourth-order valence-electron chi connectivity index (χ4n) is 5.11. The molecular weight excluding hydrogens is 440 g/mol. The third-order valence-corrected chi connectivity index (χ3v) is 6.97. The number of fused-ring (bicyclic) bond motifs is 3. The molecule has 1 atom stereocenters. The third-order valence-electron chi connectivity index (χ3n) is 6.97. The fourth-order valence-corrected chi connectivity index (χ4v) is 5.11. The van der Waals surface area contributed by atoms with Crippen LogP contribution in [-0.2, 0) is 6.54 Å². The molecule has 34 heavy (non-hydrogen) atoms. The standard InChI is InChI=1S/C25H25F2N5O2/c1-12-15(17-8-19(27)20(29)9-18(17)26)4-5-16-23(12)32(14-2-3-14)25(33)22-24(16)34-21(30-22)11-31-7-6-13(28)10-31/h4-5,8-9,13-14H,2-3,6-7,10-11,28-29H2,1H3. The van der Waals surface area contributed by atoms with Crippen LogP contribution in [0.1, 0.15) is 36.8 Å². The van der Waals surface area contributed by atoms with E-state index in [0.29, 0.717) is 40.2 Å². The van der Waals surface area contributed by atoms with E-state index in [-0.39, 0.29) is 28.9 Å². The highest BCUT2D eigenvalue weighted by atomic mass is 19.1. The number of nitrogen functional groups attached to an aromatic ring is 1. The molecule has 3 heterocycles. The van der Waals surface area contributed by atoms with E-state index >= 15 is 0 Å². The molecule has 0 radical (unpaired) electrons. The van der Waals surface area contributed by atoms with Crippen molar-refractivity contribution >= 4 is 27.7 Å². The number of hydrogen-bond donors (Lipinski definition) is 2. The van der Waals surface area contributed by atoms with Crippen LogP contribution in [0, 0.1) is 18.6 Å². The molecular formula is C25H25F2N5O2. The van der Waals surface area contributed by atoms with E-state index in [1.807, 2.05) is 6.92 Å². The van der Waals surface area contributed by atoms with E-state index in [4.69, 9.17) is 15.9 Å². The maximum absolute atomic E-state index is 14.8. The summed E-state index contributed by atoms with van der Waals surface area (Å²) < 4.78 is 36.8. The quantitative estimate of drug-likeness (QED) is 0.444. The van der Waals surface area contributed by atoms with Crippen LogP contribution in [0.3, 0.4) is 0 Å². The summed E-state index contributed by atoms with van der Waals surface area (Å²) in [5.41, 5.74) is 13.8. The summed E-state index contributed by atoms with van der Waals surface area (Å²) in [5, 5.41) is 0.732. The van der Waals surface area contributed by atoms with Gasteiger partial charge in [-0.1, -0.05) is 6.07 Å². The number of benzene rings is 2. The van der Waals surface area contributed by atoms with E-state index < -0.39 is 11.6 Å². The summed E-state index contributed by atoms with van der Waals surface area (Å²) >= 11 is 0. The molecule has 2 aromatic heterocycles. The highest BCUT2D eigenvalue weighted by molar-refractivity contribution is 6.04. The van der Waals surface area contributed by atoms with Crippen LogP contribution in [0.25, 0.3) is 33.1 Å². The van der Waals surface area contributed by atoms with Crippen molar-refractivity contribution in [3.05, 3.63) is 57.7 Å². The number of anilines is 1. The predicted octanol–water partition coefficient (Wildman–Crippen LogP) is 3.85. The Morgan fingerprint density at radius 3 is 2.65 bits per heavy atom. The Balaban J connectivity index is 1.57. The summed E-state index contributed by atoms with van der Waals surface area (Å²) in [5.74, 6) is -0.828. The highest BCUT2D eigenvalue weighted by Crippen LogP contribution is 2.41. The van der Waals surface area contributed by atoms with Gasteiger partial charge in [0.1, 0.15) is 11.6 Å². The Labute approximate surface area is 194 Å². The highest BCUT2D eigenvalue weighted by Gasteiger charge is 2.31. The molecule has 7 nitrogen and oxygen atoms in total. The van der Waals surface area contributed by atoms with Crippen LogP contribution in [0.5, 0.6) is 0 Å². The molecule has 4 N–H and O–H groups in total. The minimum Gasteiger partial charge on any atom is -0.438 e. The van der Waals surface area contributed by atoms with Crippen molar-refractivity contribution in [2.75, 3.05) is 18.8 Å². The van der Waals surface area contributed by atoms with E-state index in [0.717, 1.165) is 49.9 Å². The summed E-state index contributed by atoms with van der Waals surface area (Å²) in [6, 6.07) is 5.80. The summed E-state index contributed by atoms with van der Waals surface area (Å²) in [4.78, 5) is 20.3. The average molecular weight is 466 g/mol. The molecule has 9 heteroatoms. The van der Waals surface area contributed by atoms with Gasteiger partial charge < -0.3 is 20.5 Å². The summed E-state index contributed by atoms with van der Waals surface area (Å²) in [6.07, 6.45) is 2.68. The zero-order chi connectivity index (χ0) is 23.7.